The van der Waals surface area contributed by atoms with Crippen molar-refractivity contribution in [1.29, 1.82) is 0 Å². The third-order valence-corrected chi connectivity index (χ3v) is 2.72. The molecule has 3 N–H and O–H groups in total. The Bertz CT molecular complexity index is 284. The lowest BCUT2D eigenvalue weighted by molar-refractivity contribution is 0.128. The summed E-state index contributed by atoms with van der Waals surface area (Å²) in [5.41, 5.74) is 6.57. The summed E-state index contributed by atoms with van der Waals surface area (Å²) in [5, 5.41) is 13.9. The Morgan fingerprint density at radius 1 is 1.62 bits per heavy atom. The van der Waals surface area contributed by atoms with E-state index in [1.165, 1.54) is 0 Å². The summed E-state index contributed by atoms with van der Waals surface area (Å²) in [6, 6.07) is 2.05. The fraction of sp³-hybridized carbons (Fsp3) is 0.667. The molecule has 13 heavy (non-hydrogen) atoms. The van der Waals surface area contributed by atoms with Gasteiger partial charge in [0, 0.05) is 12.7 Å². The molecule has 1 aliphatic carbocycles. The van der Waals surface area contributed by atoms with Gasteiger partial charge >= 0.3 is 0 Å². The van der Waals surface area contributed by atoms with Gasteiger partial charge in [-0.1, -0.05) is 0 Å². The molecule has 1 heterocycles. The highest BCUT2D eigenvalue weighted by atomic mass is 16.3. The van der Waals surface area contributed by atoms with E-state index in [0.717, 1.165) is 25.0 Å². The molecule has 1 fully saturated rings. The smallest absolute Gasteiger partial charge is 0.0781 e. The summed E-state index contributed by atoms with van der Waals surface area (Å²) in [5.74, 6) is 0. The number of hydrogen-bond acceptors (Lipinski definition) is 3. The third-order valence-electron chi connectivity index (χ3n) is 2.72. The van der Waals surface area contributed by atoms with Crippen LogP contribution in [-0.2, 0) is 6.54 Å². The van der Waals surface area contributed by atoms with Crippen LogP contribution in [0.3, 0.4) is 0 Å². The van der Waals surface area contributed by atoms with E-state index in [0.29, 0.717) is 6.54 Å². The average Bonchev–Trinajstić information content (AvgIpc) is 2.71. The number of rotatable bonds is 2. The van der Waals surface area contributed by atoms with Gasteiger partial charge in [-0.2, -0.15) is 5.10 Å². The van der Waals surface area contributed by atoms with Gasteiger partial charge in [-0.3, -0.25) is 4.68 Å². The summed E-state index contributed by atoms with van der Waals surface area (Å²) < 4.78 is 1.87. The van der Waals surface area contributed by atoms with Gasteiger partial charge in [0.15, 0.2) is 0 Å². The molecule has 0 spiro atoms. The Kier molecular flexibility index (Phi) is 2.33. The Morgan fingerprint density at radius 3 is 3.08 bits per heavy atom. The first kappa shape index (κ1) is 8.72. The molecule has 2 atom stereocenters. The molecule has 4 heteroatoms. The van der Waals surface area contributed by atoms with Crippen molar-refractivity contribution in [3.8, 4) is 0 Å². The number of hydrogen-bond donors (Lipinski definition) is 2. The molecule has 4 nitrogen and oxygen atoms in total. The average molecular weight is 181 g/mol. The van der Waals surface area contributed by atoms with Crippen LogP contribution in [0.2, 0.25) is 0 Å². The minimum atomic E-state index is -0.245. The van der Waals surface area contributed by atoms with E-state index in [1.807, 2.05) is 10.7 Å². The standard InChI is InChI=1S/C9H15N3O/c10-6-7-4-5-11-12(7)8-2-1-3-9(8)13/h4-5,8-9,13H,1-3,6,10H2. The normalized spacial score (nSPS) is 28.2. The quantitative estimate of drug-likeness (QED) is 0.695. The van der Waals surface area contributed by atoms with E-state index in [-0.39, 0.29) is 12.1 Å². The lowest BCUT2D eigenvalue weighted by Crippen LogP contribution is -2.22. The molecule has 0 radical (unpaired) electrons. The largest absolute Gasteiger partial charge is 0.391 e. The van der Waals surface area contributed by atoms with Crippen molar-refractivity contribution in [3.05, 3.63) is 18.0 Å². The van der Waals surface area contributed by atoms with Crippen molar-refractivity contribution in [1.82, 2.24) is 9.78 Å². The van der Waals surface area contributed by atoms with Gasteiger partial charge in [-0.25, -0.2) is 0 Å². The summed E-state index contributed by atoms with van der Waals surface area (Å²) in [6.07, 6.45) is 4.47. The maximum absolute atomic E-state index is 9.68. The highest BCUT2D eigenvalue weighted by Gasteiger charge is 2.28. The van der Waals surface area contributed by atoms with Gasteiger partial charge in [0.05, 0.1) is 17.8 Å². The fourth-order valence-electron chi connectivity index (χ4n) is 2.01. The Morgan fingerprint density at radius 2 is 2.46 bits per heavy atom. The number of nitrogens with zero attached hydrogens (tertiary/aromatic N) is 2. The van der Waals surface area contributed by atoms with Crippen LogP contribution in [0.4, 0.5) is 0 Å². The van der Waals surface area contributed by atoms with Gasteiger partial charge < -0.3 is 10.8 Å². The maximum Gasteiger partial charge on any atom is 0.0781 e. The minimum Gasteiger partial charge on any atom is -0.391 e. The van der Waals surface area contributed by atoms with Crippen molar-refractivity contribution in [2.45, 2.75) is 38.0 Å². The Labute approximate surface area is 77.4 Å². The molecule has 0 aliphatic heterocycles. The summed E-state index contributed by atoms with van der Waals surface area (Å²) >= 11 is 0. The molecule has 0 saturated heterocycles. The minimum absolute atomic E-state index is 0.147. The van der Waals surface area contributed by atoms with Crippen molar-refractivity contribution in [3.63, 3.8) is 0 Å². The van der Waals surface area contributed by atoms with Gasteiger partial charge in [0.2, 0.25) is 0 Å². The van der Waals surface area contributed by atoms with E-state index in [1.54, 1.807) is 6.20 Å². The van der Waals surface area contributed by atoms with E-state index in [2.05, 4.69) is 5.10 Å². The second-order valence-electron chi connectivity index (χ2n) is 3.54. The van der Waals surface area contributed by atoms with Crippen LogP contribution in [0.15, 0.2) is 12.3 Å². The SMILES string of the molecule is NCc1ccnn1C1CCCC1O. The number of aromatic nitrogens is 2. The summed E-state index contributed by atoms with van der Waals surface area (Å²) in [7, 11) is 0. The molecule has 72 valence electrons. The fourth-order valence-corrected chi connectivity index (χ4v) is 2.01. The topological polar surface area (TPSA) is 64.1 Å². The van der Waals surface area contributed by atoms with Crippen molar-refractivity contribution in [2.24, 2.45) is 5.73 Å². The second-order valence-corrected chi connectivity index (χ2v) is 3.54. The molecule has 0 bridgehead atoms. The predicted octanol–water partition coefficient (Wildman–Crippen LogP) is 0.428. The first-order chi connectivity index (χ1) is 6.33. The first-order valence-electron chi connectivity index (χ1n) is 4.73. The maximum atomic E-state index is 9.68. The van der Waals surface area contributed by atoms with E-state index in [9.17, 15) is 5.11 Å². The molecule has 0 aromatic carbocycles. The van der Waals surface area contributed by atoms with Crippen molar-refractivity contribution >= 4 is 0 Å². The van der Waals surface area contributed by atoms with Crippen LogP contribution >= 0.6 is 0 Å². The van der Waals surface area contributed by atoms with Crippen LogP contribution in [-0.4, -0.2) is 21.0 Å². The second kappa shape index (κ2) is 3.47. The molecule has 0 amide bonds. The molecule has 2 unspecified atom stereocenters. The molecular weight excluding hydrogens is 166 g/mol. The van der Waals surface area contributed by atoms with Gasteiger partial charge in [0.1, 0.15) is 0 Å². The highest BCUT2D eigenvalue weighted by molar-refractivity contribution is 5.02. The van der Waals surface area contributed by atoms with E-state index in [4.69, 9.17) is 5.73 Å². The van der Waals surface area contributed by atoms with Gasteiger partial charge in [0.25, 0.3) is 0 Å². The third kappa shape index (κ3) is 1.47. The van der Waals surface area contributed by atoms with Crippen LogP contribution < -0.4 is 5.73 Å². The van der Waals surface area contributed by atoms with Crippen molar-refractivity contribution < 1.29 is 5.11 Å². The van der Waals surface area contributed by atoms with Gasteiger partial charge in [-0.15, -0.1) is 0 Å². The Hall–Kier alpha value is -0.870. The zero-order chi connectivity index (χ0) is 9.26. The number of aliphatic hydroxyl groups excluding tert-OH is 1. The zero-order valence-electron chi connectivity index (χ0n) is 7.56. The summed E-state index contributed by atoms with van der Waals surface area (Å²) in [6.45, 7) is 0.489. The molecule has 1 aromatic rings. The summed E-state index contributed by atoms with van der Waals surface area (Å²) in [4.78, 5) is 0. The molecule has 1 aliphatic rings. The molecule has 2 rings (SSSR count). The van der Waals surface area contributed by atoms with Gasteiger partial charge in [-0.05, 0) is 25.3 Å². The molecule has 1 saturated carbocycles. The Balaban J connectivity index is 2.23. The molecule has 1 aromatic heterocycles. The van der Waals surface area contributed by atoms with Crippen LogP contribution in [0.25, 0.3) is 0 Å². The van der Waals surface area contributed by atoms with Crippen LogP contribution in [0.5, 0.6) is 0 Å². The van der Waals surface area contributed by atoms with Crippen LogP contribution in [0, 0.1) is 0 Å². The van der Waals surface area contributed by atoms with E-state index < -0.39 is 0 Å². The molecular formula is C9H15N3O. The number of nitrogens with two attached hydrogens (primary N) is 1. The monoisotopic (exact) mass is 181 g/mol. The lowest BCUT2D eigenvalue weighted by Gasteiger charge is -2.17. The zero-order valence-corrected chi connectivity index (χ0v) is 7.56. The highest BCUT2D eigenvalue weighted by Crippen LogP contribution is 2.30. The van der Waals surface area contributed by atoms with Crippen molar-refractivity contribution in [2.75, 3.05) is 0 Å². The first-order valence-corrected chi connectivity index (χ1v) is 4.73. The van der Waals surface area contributed by atoms with E-state index >= 15 is 0 Å². The predicted molar refractivity (Wildman–Crippen MR) is 49.0 cm³/mol. The number of aliphatic hydroxyl groups is 1. The van der Waals surface area contributed by atoms with Crippen LogP contribution in [0.1, 0.15) is 31.0 Å². The lowest BCUT2D eigenvalue weighted by atomic mass is 10.2.